The number of nitrogens with zero attached hydrogens (tertiary/aromatic N) is 1. The number of ether oxygens (including phenoxy) is 2. The third-order valence-electron chi connectivity index (χ3n) is 4.49. The predicted octanol–water partition coefficient (Wildman–Crippen LogP) is 6.07. The van der Waals surface area contributed by atoms with Crippen LogP contribution in [0.5, 0.6) is 11.5 Å². The maximum absolute atomic E-state index is 13.3. The molecular weight excluding hydrogens is 495 g/mol. The van der Waals surface area contributed by atoms with Crippen LogP contribution in [0.3, 0.4) is 0 Å². The number of benzene rings is 3. The number of thioether (sulfide) groups is 1. The van der Waals surface area contributed by atoms with Crippen LogP contribution in [0.1, 0.15) is 11.1 Å². The van der Waals surface area contributed by atoms with Crippen molar-refractivity contribution in [1.29, 1.82) is 0 Å². The van der Waals surface area contributed by atoms with E-state index in [1.54, 1.807) is 31.4 Å². The van der Waals surface area contributed by atoms with Crippen LogP contribution < -0.4 is 14.8 Å². The molecule has 1 amide bonds. The summed E-state index contributed by atoms with van der Waals surface area (Å²) in [5.74, 6) is 0.868. The van der Waals surface area contributed by atoms with Crippen molar-refractivity contribution in [3.8, 4) is 11.5 Å². The Labute approximate surface area is 197 Å². The van der Waals surface area contributed by atoms with E-state index in [-0.39, 0.29) is 18.3 Å². The molecule has 3 aromatic rings. The quantitative estimate of drug-likeness (QED) is 0.407. The average molecular weight is 513 g/mol. The van der Waals surface area contributed by atoms with E-state index in [1.807, 2.05) is 36.4 Å². The third kappa shape index (κ3) is 5.57. The Kier molecular flexibility index (Phi) is 6.92. The molecule has 0 atom stereocenters. The molecule has 0 radical (unpaired) electrons. The van der Waals surface area contributed by atoms with Gasteiger partial charge in [0.1, 0.15) is 23.9 Å². The number of hydrogen-bond donors (Lipinski definition) is 1. The Morgan fingerprint density at radius 2 is 1.94 bits per heavy atom. The molecule has 0 saturated carbocycles. The largest absolute Gasteiger partial charge is 0.497 e. The summed E-state index contributed by atoms with van der Waals surface area (Å²) < 4.78 is 25.0. The molecule has 5 nitrogen and oxygen atoms in total. The zero-order valence-electron chi connectivity index (χ0n) is 17.0. The van der Waals surface area contributed by atoms with Crippen molar-refractivity contribution in [3.63, 3.8) is 0 Å². The number of carbonyl (C=O) groups excluding carboxylic acids is 1. The molecule has 162 valence electrons. The van der Waals surface area contributed by atoms with Gasteiger partial charge in [-0.2, -0.15) is 0 Å². The number of carbonyl (C=O) groups is 1. The van der Waals surface area contributed by atoms with E-state index in [1.165, 1.54) is 23.9 Å². The molecular formula is C24H18BrFN2O3S. The minimum Gasteiger partial charge on any atom is -0.497 e. The van der Waals surface area contributed by atoms with E-state index in [2.05, 4.69) is 26.2 Å². The molecule has 1 heterocycles. The summed E-state index contributed by atoms with van der Waals surface area (Å²) in [6.45, 7) is 0.250. The SMILES string of the molecule is COc1ccc(N=C2NC(=O)/C(=C\c3ccc(OCc4cccc(F)c4)c(Br)c3)S2)cc1. The summed E-state index contributed by atoms with van der Waals surface area (Å²) in [7, 11) is 1.60. The molecule has 1 aliphatic rings. The zero-order chi connectivity index (χ0) is 22.5. The minimum absolute atomic E-state index is 0.204. The van der Waals surface area contributed by atoms with Crippen molar-refractivity contribution in [2.75, 3.05) is 7.11 Å². The molecule has 0 unspecified atom stereocenters. The van der Waals surface area contributed by atoms with Crippen LogP contribution >= 0.6 is 27.7 Å². The molecule has 1 N–H and O–H groups in total. The summed E-state index contributed by atoms with van der Waals surface area (Å²) in [6, 6.07) is 19.1. The molecule has 0 aliphatic carbocycles. The number of halogens is 2. The molecule has 3 aromatic carbocycles. The maximum Gasteiger partial charge on any atom is 0.264 e. The monoisotopic (exact) mass is 512 g/mol. The number of amidine groups is 1. The van der Waals surface area contributed by atoms with Gasteiger partial charge < -0.3 is 14.8 Å². The van der Waals surface area contributed by atoms with Gasteiger partial charge >= 0.3 is 0 Å². The van der Waals surface area contributed by atoms with Gasteiger partial charge in [-0.3, -0.25) is 4.79 Å². The lowest BCUT2D eigenvalue weighted by molar-refractivity contribution is -0.115. The van der Waals surface area contributed by atoms with Crippen molar-refractivity contribution < 1.29 is 18.7 Å². The Morgan fingerprint density at radius 3 is 2.66 bits per heavy atom. The van der Waals surface area contributed by atoms with Crippen LogP contribution in [0.4, 0.5) is 10.1 Å². The normalized spacial score (nSPS) is 15.8. The van der Waals surface area contributed by atoms with Crippen molar-refractivity contribution in [3.05, 3.63) is 93.1 Å². The second-order valence-corrected chi connectivity index (χ2v) is 8.67. The molecule has 32 heavy (non-hydrogen) atoms. The second-order valence-electron chi connectivity index (χ2n) is 6.79. The Hall–Kier alpha value is -3.10. The highest BCUT2D eigenvalue weighted by Crippen LogP contribution is 2.31. The first-order valence-corrected chi connectivity index (χ1v) is 11.2. The lowest BCUT2D eigenvalue weighted by Gasteiger charge is -2.09. The second kappa shape index (κ2) is 10.0. The van der Waals surface area contributed by atoms with Crippen molar-refractivity contribution in [2.24, 2.45) is 4.99 Å². The molecule has 8 heteroatoms. The molecule has 1 aliphatic heterocycles. The van der Waals surface area contributed by atoms with Gasteiger partial charge in [-0.1, -0.05) is 18.2 Å². The predicted molar refractivity (Wildman–Crippen MR) is 129 cm³/mol. The molecule has 0 bridgehead atoms. The molecule has 1 fully saturated rings. The Bertz CT molecular complexity index is 1210. The van der Waals surface area contributed by atoms with Gasteiger partial charge in [0, 0.05) is 0 Å². The zero-order valence-corrected chi connectivity index (χ0v) is 19.4. The maximum atomic E-state index is 13.3. The Morgan fingerprint density at radius 1 is 1.12 bits per heavy atom. The van der Waals surface area contributed by atoms with E-state index in [0.29, 0.717) is 15.8 Å². The van der Waals surface area contributed by atoms with Gasteiger partial charge in [0.15, 0.2) is 5.17 Å². The van der Waals surface area contributed by atoms with Crippen LogP contribution in [0.25, 0.3) is 6.08 Å². The van der Waals surface area contributed by atoms with Gasteiger partial charge in [-0.25, -0.2) is 9.38 Å². The lowest BCUT2D eigenvalue weighted by Crippen LogP contribution is -2.19. The van der Waals surface area contributed by atoms with Crippen LogP contribution in [0, 0.1) is 5.82 Å². The van der Waals surface area contributed by atoms with E-state index in [9.17, 15) is 9.18 Å². The van der Waals surface area contributed by atoms with Gasteiger partial charge in [0.2, 0.25) is 0 Å². The summed E-state index contributed by atoms with van der Waals surface area (Å²) >= 11 is 4.77. The summed E-state index contributed by atoms with van der Waals surface area (Å²) in [5.41, 5.74) is 2.29. The highest BCUT2D eigenvalue weighted by atomic mass is 79.9. The van der Waals surface area contributed by atoms with E-state index in [4.69, 9.17) is 9.47 Å². The highest BCUT2D eigenvalue weighted by Gasteiger charge is 2.23. The fraction of sp³-hybridized carbons (Fsp3) is 0.0833. The first kappa shape index (κ1) is 22.1. The van der Waals surface area contributed by atoms with Crippen LogP contribution in [-0.4, -0.2) is 18.2 Å². The van der Waals surface area contributed by atoms with Crippen LogP contribution in [0.2, 0.25) is 0 Å². The van der Waals surface area contributed by atoms with Crippen molar-refractivity contribution in [2.45, 2.75) is 6.61 Å². The molecule has 4 rings (SSSR count). The Balaban J connectivity index is 1.44. The summed E-state index contributed by atoms with van der Waals surface area (Å²) in [4.78, 5) is 17.4. The number of nitrogens with one attached hydrogen (secondary N) is 1. The van der Waals surface area contributed by atoms with Crippen molar-refractivity contribution >= 4 is 50.5 Å². The summed E-state index contributed by atoms with van der Waals surface area (Å²) in [6.07, 6.45) is 1.79. The number of rotatable bonds is 6. The van der Waals surface area contributed by atoms with E-state index < -0.39 is 0 Å². The molecule has 1 saturated heterocycles. The summed E-state index contributed by atoms with van der Waals surface area (Å²) in [5, 5.41) is 3.29. The minimum atomic E-state index is -0.297. The van der Waals surface area contributed by atoms with Gasteiger partial charge in [0.05, 0.1) is 22.2 Å². The topological polar surface area (TPSA) is 59.9 Å². The standard InChI is InChI=1S/C24H18BrFN2O3S/c1-30-19-8-6-18(7-9-19)27-24-28-23(29)22(32-24)13-15-5-10-21(20(25)12-15)31-14-16-3-2-4-17(26)11-16/h2-13H,14H2,1H3,(H,27,28,29)/b22-13+. The van der Waals surface area contributed by atoms with Gasteiger partial charge in [0.25, 0.3) is 5.91 Å². The number of amides is 1. The highest BCUT2D eigenvalue weighted by molar-refractivity contribution is 9.10. The lowest BCUT2D eigenvalue weighted by atomic mass is 10.2. The van der Waals surface area contributed by atoms with Crippen molar-refractivity contribution in [1.82, 2.24) is 5.32 Å². The third-order valence-corrected chi connectivity index (χ3v) is 6.02. The number of hydrogen-bond acceptors (Lipinski definition) is 5. The average Bonchev–Trinajstić information content (AvgIpc) is 3.12. The van der Waals surface area contributed by atoms with E-state index >= 15 is 0 Å². The fourth-order valence-corrected chi connectivity index (χ4v) is 4.27. The first-order valence-electron chi connectivity index (χ1n) is 9.60. The fourth-order valence-electron chi connectivity index (χ4n) is 2.92. The van der Waals surface area contributed by atoms with Gasteiger partial charge in [-0.05, 0) is 93.4 Å². The first-order chi connectivity index (χ1) is 15.5. The van der Waals surface area contributed by atoms with Crippen LogP contribution in [0.15, 0.2) is 81.1 Å². The molecule has 0 spiro atoms. The smallest absolute Gasteiger partial charge is 0.264 e. The molecule has 0 aromatic heterocycles. The van der Waals surface area contributed by atoms with E-state index in [0.717, 1.165) is 27.0 Å². The van der Waals surface area contributed by atoms with Crippen LogP contribution in [-0.2, 0) is 11.4 Å². The number of aliphatic imine (C=N–C) groups is 1. The van der Waals surface area contributed by atoms with Gasteiger partial charge in [-0.15, -0.1) is 0 Å². The number of methoxy groups -OCH3 is 1.